The normalized spacial score (nSPS) is 17.9. The van der Waals surface area contributed by atoms with E-state index in [2.05, 4.69) is 36.9 Å². The average molecular weight is 478 g/mol. The van der Waals surface area contributed by atoms with Crippen LogP contribution in [0.2, 0.25) is 0 Å². The Labute approximate surface area is 179 Å². The van der Waals surface area contributed by atoms with E-state index < -0.39 is 5.25 Å². The van der Waals surface area contributed by atoms with E-state index in [4.69, 9.17) is 4.74 Å². The third-order valence-corrected chi connectivity index (χ3v) is 6.34. The molecule has 0 saturated heterocycles. The molecule has 0 aliphatic carbocycles. The standard InChI is InChI=1S/C19H17BrFN5O2S/c1-10-23-24-19-26(10)25-16(11-3-8-15(28-2)14(20)9-11)17(29-19)18(27)22-13-6-4-12(21)5-7-13/h3-9,16-17,25H,1-2H3,(H,22,27). The number of nitrogens with one attached hydrogen (secondary N) is 2. The maximum absolute atomic E-state index is 13.2. The lowest BCUT2D eigenvalue weighted by atomic mass is 10.0. The molecule has 1 amide bonds. The summed E-state index contributed by atoms with van der Waals surface area (Å²) in [6.45, 7) is 1.84. The molecule has 4 rings (SSSR count). The van der Waals surface area contributed by atoms with Crippen molar-refractivity contribution in [2.45, 2.75) is 23.4 Å². The van der Waals surface area contributed by atoms with Crippen LogP contribution in [0.4, 0.5) is 10.1 Å². The fraction of sp³-hybridized carbons (Fsp3) is 0.211. The van der Waals surface area contributed by atoms with Gasteiger partial charge in [0.05, 0.1) is 17.6 Å². The highest BCUT2D eigenvalue weighted by Crippen LogP contribution is 2.39. The Bertz CT molecular complexity index is 1060. The van der Waals surface area contributed by atoms with Crippen molar-refractivity contribution in [1.29, 1.82) is 0 Å². The van der Waals surface area contributed by atoms with Crippen LogP contribution in [0.15, 0.2) is 52.1 Å². The van der Waals surface area contributed by atoms with E-state index in [1.807, 2.05) is 25.1 Å². The van der Waals surface area contributed by atoms with E-state index in [1.165, 1.54) is 36.0 Å². The van der Waals surface area contributed by atoms with Gasteiger partial charge in [0.15, 0.2) is 0 Å². The van der Waals surface area contributed by atoms with E-state index in [1.54, 1.807) is 11.8 Å². The smallest absolute Gasteiger partial charge is 0.240 e. The van der Waals surface area contributed by atoms with Crippen LogP contribution in [-0.2, 0) is 4.79 Å². The van der Waals surface area contributed by atoms with Gasteiger partial charge in [-0.2, -0.15) is 0 Å². The largest absolute Gasteiger partial charge is 0.496 e. The zero-order valence-corrected chi connectivity index (χ0v) is 17.9. The van der Waals surface area contributed by atoms with Crippen molar-refractivity contribution in [2.75, 3.05) is 17.9 Å². The third kappa shape index (κ3) is 3.95. The number of hydrogen-bond donors (Lipinski definition) is 2. The molecule has 150 valence electrons. The number of ether oxygens (including phenoxy) is 1. The predicted molar refractivity (Wildman–Crippen MR) is 112 cm³/mol. The molecule has 0 radical (unpaired) electrons. The maximum Gasteiger partial charge on any atom is 0.240 e. The summed E-state index contributed by atoms with van der Waals surface area (Å²) in [6.07, 6.45) is 0. The summed E-state index contributed by atoms with van der Waals surface area (Å²) in [5.74, 6) is 0.812. The van der Waals surface area contributed by atoms with E-state index in [0.29, 0.717) is 22.4 Å². The number of amides is 1. The lowest BCUT2D eigenvalue weighted by Gasteiger charge is -2.33. The second kappa shape index (κ2) is 8.03. The predicted octanol–water partition coefficient (Wildman–Crippen LogP) is 3.89. The molecule has 2 N–H and O–H groups in total. The fourth-order valence-corrected chi connectivity index (χ4v) is 4.72. The summed E-state index contributed by atoms with van der Waals surface area (Å²) in [5.41, 5.74) is 4.76. The summed E-state index contributed by atoms with van der Waals surface area (Å²) in [6, 6.07) is 11.0. The first-order chi connectivity index (χ1) is 14.0. The Balaban J connectivity index is 1.67. The number of fused-ring (bicyclic) bond motifs is 1. The van der Waals surface area contributed by atoms with Gasteiger partial charge in [0.25, 0.3) is 0 Å². The molecule has 2 aromatic carbocycles. The highest BCUT2D eigenvalue weighted by Gasteiger charge is 2.37. The van der Waals surface area contributed by atoms with Gasteiger partial charge in [-0.25, -0.2) is 9.07 Å². The van der Waals surface area contributed by atoms with Gasteiger partial charge in [-0.15, -0.1) is 10.2 Å². The van der Waals surface area contributed by atoms with Crippen LogP contribution in [0.25, 0.3) is 0 Å². The molecule has 2 unspecified atom stereocenters. The number of hydrogen-bond acceptors (Lipinski definition) is 6. The van der Waals surface area contributed by atoms with Gasteiger partial charge in [0, 0.05) is 5.69 Å². The molecule has 29 heavy (non-hydrogen) atoms. The molecule has 0 spiro atoms. The first kappa shape index (κ1) is 19.7. The van der Waals surface area contributed by atoms with Crippen LogP contribution in [0.5, 0.6) is 5.75 Å². The molecule has 0 bridgehead atoms. The van der Waals surface area contributed by atoms with Gasteiger partial charge in [-0.05, 0) is 64.8 Å². The number of rotatable bonds is 4. The second-order valence-electron chi connectivity index (χ2n) is 6.40. The molecule has 2 atom stereocenters. The number of thioether (sulfide) groups is 1. The van der Waals surface area contributed by atoms with Gasteiger partial charge in [-0.3, -0.25) is 4.79 Å². The van der Waals surface area contributed by atoms with Crippen LogP contribution in [-0.4, -0.2) is 33.1 Å². The van der Waals surface area contributed by atoms with E-state index in [-0.39, 0.29) is 17.8 Å². The number of benzene rings is 2. The van der Waals surface area contributed by atoms with Gasteiger partial charge >= 0.3 is 0 Å². The first-order valence-corrected chi connectivity index (χ1v) is 10.4. The topological polar surface area (TPSA) is 81.1 Å². The lowest BCUT2D eigenvalue weighted by molar-refractivity contribution is -0.116. The highest BCUT2D eigenvalue weighted by molar-refractivity contribution is 9.10. The molecule has 7 nitrogen and oxygen atoms in total. The second-order valence-corrected chi connectivity index (χ2v) is 8.36. The van der Waals surface area contributed by atoms with E-state index >= 15 is 0 Å². The number of aromatic nitrogens is 3. The molecule has 0 saturated carbocycles. The SMILES string of the molecule is COc1ccc(C2Nn3c(C)nnc3SC2C(=O)Nc2ccc(F)cc2)cc1Br. The summed E-state index contributed by atoms with van der Waals surface area (Å²) in [5, 5.41) is 11.1. The number of aryl methyl sites for hydroxylation is 1. The summed E-state index contributed by atoms with van der Waals surface area (Å²) in [4.78, 5) is 13.1. The number of carbonyl (C=O) groups is 1. The van der Waals surface area contributed by atoms with Gasteiger partial charge in [0.2, 0.25) is 11.1 Å². The van der Waals surface area contributed by atoms with Crippen molar-refractivity contribution in [2.24, 2.45) is 0 Å². The molecular weight excluding hydrogens is 461 g/mol. The monoisotopic (exact) mass is 477 g/mol. The summed E-state index contributed by atoms with van der Waals surface area (Å²) < 4.78 is 21.0. The molecule has 1 aliphatic heterocycles. The van der Waals surface area contributed by atoms with E-state index in [9.17, 15) is 9.18 Å². The van der Waals surface area contributed by atoms with Crippen molar-refractivity contribution >= 4 is 39.3 Å². The first-order valence-electron chi connectivity index (χ1n) is 8.71. The Morgan fingerprint density at radius 2 is 2.03 bits per heavy atom. The number of carbonyl (C=O) groups excluding carboxylic acids is 1. The van der Waals surface area contributed by atoms with Crippen LogP contribution >= 0.6 is 27.7 Å². The molecule has 1 aromatic heterocycles. The van der Waals surface area contributed by atoms with Crippen molar-refractivity contribution in [1.82, 2.24) is 14.9 Å². The Morgan fingerprint density at radius 3 is 2.72 bits per heavy atom. The molecule has 3 aromatic rings. The van der Waals surface area contributed by atoms with Crippen molar-refractivity contribution in [3.8, 4) is 5.75 Å². The molecular formula is C19H17BrFN5O2S. The Morgan fingerprint density at radius 1 is 1.28 bits per heavy atom. The quantitative estimate of drug-likeness (QED) is 0.593. The maximum atomic E-state index is 13.2. The zero-order valence-electron chi connectivity index (χ0n) is 15.5. The van der Waals surface area contributed by atoms with Crippen LogP contribution in [0.3, 0.4) is 0 Å². The van der Waals surface area contributed by atoms with Crippen LogP contribution in [0, 0.1) is 12.7 Å². The van der Waals surface area contributed by atoms with Gasteiger partial charge < -0.3 is 15.5 Å². The summed E-state index contributed by atoms with van der Waals surface area (Å²) in [7, 11) is 1.60. The Hall–Kier alpha value is -2.59. The van der Waals surface area contributed by atoms with Crippen molar-refractivity contribution in [3.05, 3.63) is 64.1 Å². The molecule has 0 fully saturated rings. The van der Waals surface area contributed by atoms with Gasteiger partial charge in [0.1, 0.15) is 22.6 Å². The summed E-state index contributed by atoms with van der Waals surface area (Å²) >= 11 is 4.82. The minimum Gasteiger partial charge on any atom is -0.496 e. The minimum absolute atomic E-state index is 0.224. The molecule has 1 aliphatic rings. The zero-order chi connectivity index (χ0) is 20.5. The van der Waals surface area contributed by atoms with Gasteiger partial charge in [-0.1, -0.05) is 17.8 Å². The fourth-order valence-electron chi connectivity index (χ4n) is 3.03. The molecule has 10 heteroatoms. The van der Waals surface area contributed by atoms with Crippen molar-refractivity contribution < 1.29 is 13.9 Å². The highest BCUT2D eigenvalue weighted by atomic mass is 79.9. The number of halogens is 2. The van der Waals surface area contributed by atoms with Crippen molar-refractivity contribution in [3.63, 3.8) is 0 Å². The van der Waals surface area contributed by atoms with E-state index in [0.717, 1.165) is 10.0 Å². The number of anilines is 1. The average Bonchev–Trinajstić information content (AvgIpc) is 3.08. The number of methoxy groups -OCH3 is 1. The van der Waals surface area contributed by atoms with Crippen LogP contribution < -0.4 is 15.5 Å². The Kier molecular flexibility index (Phi) is 5.46. The van der Waals surface area contributed by atoms with Crippen LogP contribution in [0.1, 0.15) is 17.4 Å². The number of nitrogens with zero attached hydrogens (tertiary/aromatic N) is 3. The third-order valence-electron chi connectivity index (χ3n) is 4.50. The lowest BCUT2D eigenvalue weighted by Crippen LogP contribution is -2.41. The minimum atomic E-state index is -0.531. The molecule has 2 heterocycles.